The van der Waals surface area contributed by atoms with Gasteiger partial charge in [0.15, 0.2) is 0 Å². The molecule has 0 saturated carbocycles. The van der Waals surface area contributed by atoms with Gasteiger partial charge in [-0.25, -0.2) is 0 Å². The molecule has 154 valence electrons. The standard InChI is InChI=1S/C20H24ClF3N2O2/c1-4-27-18-6-5-7-19(28-11-10-26(2)3)15(18)13-25-14-8-9-17(21)16(12-14)20(22,23)24/h5-9,12,25H,4,10-11,13H2,1-3H3. The van der Waals surface area contributed by atoms with E-state index >= 15 is 0 Å². The summed E-state index contributed by atoms with van der Waals surface area (Å²) in [6.07, 6.45) is -4.52. The number of hydrogen-bond acceptors (Lipinski definition) is 4. The van der Waals surface area contributed by atoms with Gasteiger partial charge >= 0.3 is 6.18 Å². The van der Waals surface area contributed by atoms with Crippen LogP contribution in [0.5, 0.6) is 11.5 Å². The van der Waals surface area contributed by atoms with E-state index in [1.54, 1.807) is 0 Å². The Hall–Kier alpha value is -2.12. The fraction of sp³-hybridized carbons (Fsp3) is 0.400. The summed E-state index contributed by atoms with van der Waals surface area (Å²) in [5.41, 5.74) is 0.175. The minimum Gasteiger partial charge on any atom is -0.493 e. The number of anilines is 1. The molecule has 4 nitrogen and oxygen atoms in total. The van der Waals surface area contributed by atoms with Crippen LogP contribution in [0.3, 0.4) is 0 Å². The Morgan fingerprint density at radius 2 is 1.75 bits per heavy atom. The van der Waals surface area contributed by atoms with Crippen LogP contribution in [-0.2, 0) is 12.7 Å². The number of halogens is 4. The van der Waals surface area contributed by atoms with Gasteiger partial charge in [-0.2, -0.15) is 13.2 Å². The minimum atomic E-state index is -4.52. The lowest BCUT2D eigenvalue weighted by molar-refractivity contribution is -0.137. The first-order valence-corrected chi connectivity index (χ1v) is 9.23. The second-order valence-corrected chi connectivity index (χ2v) is 6.77. The van der Waals surface area contributed by atoms with Crippen molar-refractivity contribution in [2.45, 2.75) is 19.6 Å². The van der Waals surface area contributed by atoms with E-state index in [1.165, 1.54) is 12.1 Å². The van der Waals surface area contributed by atoms with Crippen molar-refractivity contribution >= 4 is 17.3 Å². The maximum Gasteiger partial charge on any atom is 0.417 e. The highest BCUT2D eigenvalue weighted by Crippen LogP contribution is 2.36. The molecule has 0 fully saturated rings. The van der Waals surface area contributed by atoms with E-state index in [0.29, 0.717) is 30.4 Å². The summed E-state index contributed by atoms with van der Waals surface area (Å²) >= 11 is 5.68. The minimum absolute atomic E-state index is 0.242. The van der Waals surface area contributed by atoms with E-state index in [1.807, 2.05) is 44.1 Å². The van der Waals surface area contributed by atoms with E-state index in [0.717, 1.165) is 18.2 Å². The number of rotatable bonds is 9. The molecule has 0 saturated heterocycles. The Balaban J connectivity index is 2.22. The molecule has 2 rings (SSSR count). The third-order valence-electron chi connectivity index (χ3n) is 3.93. The molecule has 28 heavy (non-hydrogen) atoms. The fourth-order valence-electron chi connectivity index (χ4n) is 2.53. The van der Waals surface area contributed by atoms with Crippen molar-refractivity contribution in [3.63, 3.8) is 0 Å². The number of ether oxygens (including phenoxy) is 2. The highest BCUT2D eigenvalue weighted by atomic mass is 35.5. The third-order valence-corrected chi connectivity index (χ3v) is 4.26. The van der Waals surface area contributed by atoms with E-state index in [4.69, 9.17) is 21.1 Å². The summed E-state index contributed by atoms with van der Waals surface area (Å²) < 4.78 is 50.7. The zero-order valence-corrected chi connectivity index (χ0v) is 16.8. The Kier molecular flexibility index (Phi) is 7.83. The summed E-state index contributed by atoms with van der Waals surface area (Å²) in [4.78, 5) is 2.00. The highest BCUT2D eigenvalue weighted by Gasteiger charge is 2.33. The summed E-state index contributed by atoms with van der Waals surface area (Å²) in [5, 5.41) is 2.68. The molecule has 0 aliphatic rings. The first-order chi connectivity index (χ1) is 13.2. The van der Waals surface area contributed by atoms with Crippen LogP contribution in [0.15, 0.2) is 36.4 Å². The second kappa shape index (κ2) is 9.89. The van der Waals surface area contributed by atoms with Gasteiger partial charge in [-0.3, -0.25) is 0 Å². The lowest BCUT2D eigenvalue weighted by Crippen LogP contribution is -2.20. The van der Waals surface area contributed by atoms with E-state index in [-0.39, 0.29) is 11.6 Å². The van der Waals surface area contributed by atoms with Gasteiger partial charge in [0.2, 0.25) is 0 Å². The van der Waals surface area contributed by atoms with Crippen LogP contribution in [-0.4, -0.2) is 38.8 Å². The maximum absolute atomic E-state index is 13.1. The van der Waals surface area contributed by atoms with Gasteiger partial charge in [-0.15, -0.1) is 0 Å². The first-order valence-electron chi connectivity index (χ1n) is 8.85. The van der Waals surface area contributed by atoms with Crippen molar-refractivity contribution in [3.8, 4) is 11.5 Å². The van der Waals surface area contributed by atoms with Gasteiger partial charge < -0.3 is 19.7 Å². The monoisotopic (exact) mass is 416 g/mol. The fourth-order valence-corrected chi connectivity index (χ4v) is 2.75. The largest absolute Gasteiger partial charge is 0.493 e. The molecule has 0 amide bonds. The van der Waals surface area contributed by atoms with Gasteiger partial charge in [0.05, 0.1) is 22.8 Å². The molecule has 0 radical (unpaired) electrons. The predicted molar refractivity (Wildman–Crippen MR) is 105 cm³/mol. The maximum atomic E-state index is 13.1. The van der Waals surface area contributed by atoms with Crippen LogP contribution in [0.4, 0.5) is 18.9 Å². The summed E-state index contributed by atoms with van der Waals surface area (Å²) in [6.45, 7) is 3.79. The van der Waals surface area contributed by atoms with E-state index in [2.05, 4.69) is 5.32 Å². The van der Waals surface area contributed by atoms with Crippen molar-refractivity contribution in [3.05, 3.63) is 52.5 Å². The van der Waals surface area contributed by atoms with Crippen LogP contribution < -0.4 is 14.8 Å². The second-order valence-electron chi connectivity index (χ2n) is 6.36. The molecule has 0 unspecified atom stereocenters. The van der Waals surface area contributed by atoms with Gasteiger partial charge in [0, 0.05) is 18.8 Å². The number of alkyl halides is 3. The Labute approximate surface area is 168 Å². The van der Waals surface area contributed by atoms with Crippen LogP contribution in [0.1, 0.15) is 18.1 Å². The van der Waals surface area contributed by atoms with Crippen molar-refractivity contribution in [2.24, 2.45) is 0 Å². The van der Waals surface area contributed by atoms with Crippen molar-refractivity contribution in [1.29, 1.82) is 0 Å². The molecule has 0 atom stereocenters. The Bertz CT molecular complexity index is 783. The number of hydrogen-bond donors (Lipinski definition) is 1. The van der Waals surface area contributed by atoms with Crippen molar-refractivity contribution < 1.29 is 22.6 Å². The molecule has 2 aromatic carbocycles. The normalized spacial score (nSPS) is 11.6. The molecule has 8 heteroatoms. The van der Waals surface area contributed by atoms with Crippen molar-refractivity contribution in [1.82, 2.24) is 4.90 Å². The number of likely N-dealkylation sites (N-methyl/N-ethyl adjacent to an activating group) is 1. The van der Waals surface area contributed by atoms with E-state index in [9.17, 15) is 13.2 Å². The van der Waals surface area contributed by atoms with Crippen LogP contribution in [0.2, 0.25) is 5.02 Å². The van der Waals surface area contributed by atoms with Crippen LogP contribution in [0.25, 0.3) is 0 Å². The first kappa shape index (κ1) is 22.2. The summed E-state index contributed by atoms with van der Waals surface area (Å²) in [5.74, 6) is 1.26. The molecule has 0 aliphatic carbocycles. The topological polar surface area (TPSA) is 33.7 Å². The average molecular weight is 417 g/mol. The van der Waals surface area contributed by atoms with Gasteiger partial charge in [-0.05, 0) is 51.4 Å². The molecule has 0 heterocycles. The molecule has 0 aliphatic heterocycles. The molecular formula is C20H24ClF3N2O2. The van der Waals surface area contributed by atoms with Gasteiger partial charge in [0.1, 0.15) is 18.1 Å². The molecular weight excluding hydrogens is 393 g/mol. The van der Waals surface area contributed by atoms with Gasteiger partial charge in [-0.1, -0.05) is 17.7 Å². The zero-order valence-electron chi connectivity index (χ0n) is 16.1. The smallest absolute Gasteiger partial charge is 0.417 e. The number of benzene rings is 2. The lowest BCUT2D eigenvalue weighted by Gasteiger charge is -2.18. The predicted octanol–water partition coefficient (Wildman–Crippen LogP) is 5.31. The Morgan fingerprint density at radius 3 is 2.36 bits per heavy atom. The average Bonchev–Trinajstić information content (AvgIpc) is 2.61. The lowest BCUT2D eigenvalue weighted by atomic mass is 10.1. The molecule has 0 aromatic heterocycles. The summed E-state index contributed by atoms with van der Waals surface area (Å²) in [7, 11) is 3.89. The van der Waals surface area contributed by atoms with Crippen LogP contribution >= 0.6 is 11.6 Å². The van der Waals surface area contributed by atoms with Gasteiger partial charge in [0.25, 0.3) is 0 Å². The summed E-state index contributed by atoms with van der Waals surface area (Å²) in [6, 6.07) is 9.19. The quantitative estimate of drug-likeness (QED) is 0.600. The molecule has 2 aromatic rings. The molecule has 1 N–H and O–H groups in total. The zero-order chi connectivity index (χ0) is 20.7. The SMILES string of the molecule is CCOc1cccc(OCCN(C)C)c1CNc1ccc(Cl)c(C(F)(F)F)c1. The number of nitrogens with one attached hydrogen (secondary N) is 1. The Morgan fingerprint density at radius 1 is 1.07 bits per heavy atom. The highest BCUT2D eigenvalue weighted by molar-refractivity contribution is 6.31. The van der Waals surface area contributed by atoms with E-state index < -0.39 is 11.7 Å². The molecule has 0 spiro atoms. The molecule has 0 bridgehead atoms. The third kappa shape index (κ3) is 6.21. The van der Waals surface area contributed by atoms with Crippen LogP contribution in [0, 0.1) is 0 Å². The van der Waals surface area contributed by atoms with Crippen molar-refractivity contribution in [2.75, 3.05) is 39.2 Å². The number of nitrogens with zero attached hydrogens (tertiary/aromatic N) is 1.